The number of rotatable bonds is 9. The van der Waals surface area contributed by atoms with E-state index in [4.69, 9.17) is 9.47 Å². The van der Waals surface area contributed by atoms with Crippen molar-refractivity contribution in [1.82, 2.24) is 0 Å². The van der Waals surface area contributed by atoms with Gasteiger partial charge in [0.1, 0.15) is 18.0 Å². The van der Waals surface area contributed by atoms with E-state index < -0.39 is 33.4 Å². The molecule has 0 fully saturated rings. The Morgan fingerprint density at radius 3 is 2.41 bits per heavy atom. The summed E-state index contributed by atoms with van der Waals surface area (Å²) in [6.45, 7) is 2.91. The number of nitro groups is 1. The number of hydrogen-bond acceptors (Lipinski definition) is 8. The van der Waals surface area contributed by atoms with Gasteiger partial charge >= 0.3 is 5.97 Å². The number of hydrogen-bond donors (Lipinski definition) is 1. The quantitative estimate of drug-likeness (QED) is 0.338. The van der Waals surface area contributed by atoms with Crippen LogP contribution in [0.1, 0.15) is 22.8 Å². The molecule has 0 heterocycles. The summed E-state index contributed by atoms with van der Waals surface area (Å²) in [4.78, 5) is 34.9. The van der Waals surface area contributed by atoms with Crippen LogP contribution in [0.25, 0.3) is 0 Å². The number of amides is 1. The van der Waals surface area contributed by atoms with Gasteiger partial charge in [-0.25, -0.2) is 13.2 Å². The van der Waals surface area contributed by atoms with E-state index in [-0.39, 0.29) is 23.7 Å². The number of aryl methyl sites for hydroxylation is 1. The van der Waals surface area contributed by atoms with E-state index in [0.29, 0.717) is 16.8 Å². The van der Waals surface area contributed by atoms with Crippen LogP contribution in [0.2, 0.25) is 0 Å². The molecular formula is C20H23N3O8S. The van der Waals surface area contributed by atoms with Crippen molar-refractivity contribution in [3.63, 3.8) is 0 Å². The molecule has 2 rings (SSSR count). The lowest BCUT2D eigenvalue weighted by Crippen LogP contribution is -2.37. The smallest absolute Gasteiger partial charge is 0.338 e. The molecule has 172 valence electrons. The normalized spacial score (nSPS) is 10.9. The van der Waals surface area contributed by atoms with Crippen LogP contribution < -0.4 is 14.4 Å². The molecule has 0 aromatic heterocycles. The first-order valence-electron chi connectivity index (χ1n) is 9.35. The second kappa shape index (κ2) is 10.1. The van der Waals surface area contributed by atoms with Gasteiger partial charge in [-0.3, -0.25) is 19.2 Å². The van der Waals surface area contributed by atoms with Crippen molar-refractivity contribution in [2.75, 3.05) is 36.1 Å². The molecule has 0 saturated heterocycles. The molecule has 0 atom stereocenters. The average molecular weight is 465 g/mol. The van der Waals surface area contributed by atoms with Gasteiger partial charge in [-0.1, -0.05) is 0 Å². The van der Waals surface area contributed by atoms with Crippen molar-refractivity contribution in [1.29, 1.82) is 0 Å². The SMILES string of the molecule is CCOC(=O)c1ccc(NC(=O)CN(c2cc([N+](=O)[O-])ccc2OC)S(C)(=O)=O)c(C)c1. The predicted octanol–water partition coefficient (Wildman–Crippen LogP) is 2.49. The summed E-state index contributed by atoms with van der Waals surface area (Å²) < 4.78 is 35.5. The monoisotopic (exact) mass is 465 g/mol. The zero-order chi connectivity index (χ0) is 24.1. The van der Waals surface area contributed by atoms with Gasteiger partial charge in [0.2, 0.25) is 15.9 Å². The first kappa shape index (κ1) is 24.6. The van der Waals surface area contributed by atoms with Gasteiger partial charge in [0.15, 0.2) is 0 Å². The molecule has 1 N–H and O–H groups in total. The zero-order valence-corrected chi connectivity index (χ0v) is 18.8. The molecule has 11 nitrogen and oxygen atoms in total. The highest BCUT2D eigenvalue weighted by Gasteiger charge is 2.26. The molecule has 0 radical (unpaired) electrons. The average Bonchev–Trinajstić information content (AvgIpc) is 2.72. The molecule has 32 heavy (non-hydrogen) atoms. The lowest BCUT2D eigenvalue weighted by molar-refractivity contribution is -0.384. The molecule has 12 heteroatoms. The first-order valence-corrected chi connectivity index (χ1v) is 11.2. The summed E-state index contributed by atoms with van der Waals surface area (Å²) in [5.74, 6) is -1.16. The highest BCUT2D eigenvalue weighted by atomic mass is 32.2. The number of methoxy groups -OCH3 is 1. The maximum absolute atomic E-state index is 12.7. The highest BCUT2D eigenvalue weighted by Crippen LogP contribution is 2.33. The van der Waals surface area contributed by atoms with Gasteiger partial charge < -0.3 is 14.8 Å². The molecule has 0 unspecified atom stereocenters. The van der Waals surface area contributed by atoms with Crippen LogP contribution in [-0.4, -0.2) is 51.7 Å². The third kappa shape index (κ3) is 5.94. The van der Waals surface area contributed by atoms with Crippen LogP contribution in [-0.2, 0) is 19.6 Å². The number of nitrogens with zero attached hydrogens (tertiary/aromatic N) is 2. The fourth-order valence-corrected chi connectivity index (χ4v) is 3.69. The van der Waals surface area contributed by atoms with Crippen molar-refractivity contribution in [2.45, 2.75) is 13.8 Å². The maximum Gasteiger partial charge on any atom is 0.338 e. The molecule has 0 aliphatic rings. The van der Waals surface area contributed by atoms with Gasteiger partial charge in [0.25, 0.3) is 5.69 Å². The fourth-order valence-electron chi connectivity index (χ4n) is 2.83. The minimum atomic E-state index is -4.01. The van der Waals surface area contributed by atoms with Gasteiger partial charge in [0.05, 0.1) is 30.5 Å². The number of ether oxygens (including phenoxy) is 2. The Morgan fingerprint density at radius 1 is 1.19 bits per heavy atom. The number of sulfonamides is 1. The highest BCUT2D eigenvalue weighted by molar-refractivity contribution is 7.92. The summed E-state index contributed by atoms with van der Waals surface area (Å²) in [7, 11) is -2.73. The minimum Gasteiger partial charge on any atom is -0.495 e. The molecule has 0 bridgehead atoms. The van der Waals surface area contributed by atoms with E-state index in [1.165, 1.54) is 31.4 Å². The number of benzene rings is 2. The second-order valence-corrected chi connectivity index (χ2v) is 8.59. The number of carbonyl (C=O) groups excluding carboxylic acids is 2. The summed E-state index contributed by atoms with van der Waals surface area (Å²) >= 11 is 0. The number of carbonyl (C=O) groups is 2. The van der Waals surface area contributed by atoms with Crippen LogP contribution in [0.4, 0.5) is 17.1 Å². The van der Waals surface area contributed by atoms with Gasteiger partial charge in [-0.15, -0.1) is 0 Å². The molecule has 0 saturated carbocycles. The van der Waals surface area contributed by atoms with E-state index in [0.717, 1.165) is 22.7 Å². The van der Waals surface area contributed by atoms with Crippen LogP contribution in [0, 0.1) is 17.0 Å². The Labute approximate surface area is 185 Å². The van der Waals surface area contributed by atoms with E-state index in [1.807, 2.05) is 0 Å². The molecular weight excluding hydrogens is 442 g/mol. The molecule has 2 aromatic rings. The van der Waals surface area contributed by atoms with Crippen molar-refractivity contribution >= 4 is 39.0 Å². The third-order valence-electron chi connectivity index (χ3n) is 4.34. The lowest BCUT2D eigenvalue weighted by atomic mass is 10.1. The Morgan fingerprint density at radius 2 is 1.88 bits per heavy atom. The van der Waals surface area contributed by atoms with Crippen molar-refractivity contribution < 1.29 is 32.4 Å². The van der Waals surface area contributed by atoms with E-state index in [1.54, 1.807) is 13.8 Å². The Hall–Kier alpha value is -3.67. The first-order chi connectivity index (χ1) is 15.0. The van der Waals surface area contributed by atoms with Gasteiger partial charge in [0, 0.05) is 17.8 Å². The third-order valence-corrected chi connectivity index (χ3v) is 5.47. The lowest BCUT2D eigenvalue weighted by Gasteiger charge is -2.23. The van der Waals surface area contributed by atoms with E-state index in [9.17, 15) is 28.1 Å². The number of non-ortho nitro benzene ring substituents is 1. The summed E-state index contributed by atoms with van der Waals surface area (Å²) in [6.07, 6.45) is 0.873. The number of nitrogens with one attached hydrogen (secondary N) is 1. The zero-order valence-electron chi connectivity index (χ0n) is 17.9. The Kier molecular flexibility index (Phi) is 7.76. The molecule has 2 aromatic carbocycles. The van der Waals surface area contributed by atoms with Crippen molar-refractivity contribution in [3.8, 4) is 5.75 Å². The van der Waals surface area contributed by atoms with E-state index >= 15 is 0 Å². The topological polar surface area (TPSA) is 145 Å². The summed E-state index contributed by atoms with van der Waals surface area (Å²) in [6, 6.07) is 7.94. The van der Waals surface area contributed by atoms with Crippen LogP contribution >= 0.6 is 0 Å². The van der Waals surface area contributed by atoms with Gasteiger partial charge in [-0.05, 0) is 43.7 Å². The van der Waals surface area contributed by atoms with Crippen molar-refractivity contribution in [2.24, 2.45) is 0 Å². The minimum absolute atomic E-state index is 0.0452. The molecule has 1 amide bonds. The van der Waals surface area contributed by atoms with E-state index in [2.05, 4.69) is 5.32 Å². The summed E-state index contributed by atoms with van der Waals surface area (Å²) in [5, 5.41) is 13.7. The Balaban J connectivity index is 2.32. The largest absolute Gasteiger partial charge is 0.495 e. The van der Waals surface area contributed by atoms with Crippen LogP contribution in [0.5, 0.6) is 5.75 Å². The van der Waals surface area contributed by atoms with Crippen LogP contribution in [0.3, 0.4) is 0 Å². The molecule has 0 spiro atoms. The van der Waals surface area contributed by atoms with Crippen LogP contribution in [0.15, 0.2) is 36.4 Å². The fraction of sp³-hybridized carbons (Fsp3) is 0.300. The molecule has 0 aliphatic carbocycles. The standard InChI is InChI=1S/C20H23N3O8S/c1-5-31-20(25)14-6-8-16(13(2)10-14)21-19(24)12-22(32(4,28)29)17-11-15(23(26)27)7-9-18(17)30-3/h6-11H,5,12H2,1-4H3,(H,21,24). The summed E-state index contributed by atoms with van der Waals surface area (Å²) in [5.41, 5.74) is 0.723. The molecule has 0 aliphatic heterocycles. The second-order valence-electron chi connectivity index (χ2n) is 6.68. The Bertz CT molecular complexity index is 1150. The number of nitro benzene ring substituents is 1. The van der Waals surface area contributed by atoms with Crippen molar-refractivity contribution in [3.05, 3.63) is 57.6 Å². The number of esters is 1. The predicted molar refractivity (Wildman–Crippen MR) is 118 cm³/mol. The number of anilines is 2. The van der Waals surface area contributed by atoms with Gasteiger partial charge in [-0.2, -0.15) is 0 Å². The maximum atomic E-state index is 12.7.